The Morgan fingerprint density at radius 1 is 0.893 bits per heavy atom. The second-order valence-corrected chi connectivity index (χ2v) is 9.44. The van der Waals surface area contributed by atoms with Gasteiger partial charge in [-0.1, -0.05) is 18.2 Å². The van der Waals surface area contributed by atoms with Crippen molar-refractivity contribution in [2.75, 3.05) is 32.1 Å². The molecule has 0 aliphatic carbocycles. The summed E-state index contributed by atoms with van der Waals surface area (Å²) in [4.78, 5) is 12.0. The largest absolute Gasteiger partial charge is 0.355 e. The number of benzene rings is 2. The van der Waals surface area contributed by atoms with Crippen molar-refractivity contribution in [1.82, 2.24) is 14.3 Å². The lowest BCUT2D eigenvalue weighted by Gasteiger charge is -2.27. The molecule has 1 aliphatic heterocycles. The van der Waals surface area contributed by atoms with E-state index >= 15 is 0 Å². The maximum atomic E-state index is 12.2. The van der Waals surface area contributed by atoms with Crippen molar-refractivity contribution in [2.24, 2.45) is 0 Å². The molecule has 3 aromatic rings. The van der Waals surface area contributed by atoms with Crippen LogP contribution in [-0.2, 0) is 10.0 Å². The van der Waals surface area contributed by atoms with E-state index in [0.29, 0.717) is 0 Å². The summed E-state index contributed by atoms with van der Waals surface area (Å²) in [6.45, 7) is 2.06. The molecule has 1 aliphatic rings. The van der Waals surface area contributed by atoms with Crippen LogP contribution in [0.15, 0.2) is 53.6 Å². The molecule has 0 radical (unpaired) electrons. The number of anilines is 1. The predicted molar refractivity (Wildman–Crippen MR) is 112 cm³/mol. The van der Waals surface area contributed by atoms with E-state index < -0.39 is 10.0 Å². The fraction of sp³-hybridized carbons (Fsp3) is 0.333. The fourth-order valence-corrected chi connectivity index (χ4v) is 4.39. The van der Waals surface area contributed by atoms with Crippen LogP contribution in [0.5, 0.6) is 0 Å². The zero-order chi connectivity index (χ0) is 19.7. The van der Waals surface area contributed by atoms with Gasteiger partial charge in [-0.15, -0.1) is 0 Å². The van der Waals surface area contributed by atoms with Gasteiger partial charge in [0.2, 0.25) is 10.0 Å². The van der Waals surface area contributed by atoms with Crippen LogP contribution in [-0.4, -0.2) is 49.9 Å². The van der Waals surface area contributed by atoms with E-state index in [2.05, 4.69) is 9.88 Å². The molecule has 0 N–H and O–H groups in total. The van der Waals surface area contributed by atoms with Gasteiger partial charge in [0.1, 0.15) is 5.82 Å². The Labute approximate surface area is 165 Å². The molecule has 6 nitrogen and oxygen atoms in total. The quantitative estimate of drug-likeness (QED) is 0.675. The predicted octanol–water partition coefficient (Wildman–Crippen LogP) is 3.54. The van der Waals surface area contributed by atoms with Crippen LogP contribution >= 0.6 is 0 Å². The third-order valence-corrected chi connectivity index (χ3v) is 7.01. The van der Waals surface area contributed by atoms with Gasteiger partial charge >= 0.3 is 0 Å². The second kappa shape index (κ2) is 7.48. The van der Waals surface area contributed by atoms with Gasteiger partial charge in [0, 0.05) is 27.2 Å². The monoisotopic (exact) mass is 396 g/mol. The highest BCUT2D eigenvalue weighted by atomic mass is 32.2. The summed E-state index contributed by atoms with van der Waals surface area (Å²) in [5.41, 5.74) is 3.65. The average Bonchev–Trinajstić information content (AvgIpc) is 2.73. The van der Waals surface area contributed by atoms with E-state index in [1.165, 1.54) is 37.7 Å². The number of sulfonamides is 1. The number of rotatable bonds is 4. The fourth-order valence-electron chi connectivity index (χ4n) is 3.49. The number of nitrogens with zero attached hydrogens (tertiary/aromatic N) is 4. The molecule has 2 heterocycles. The Kier molecular flexibility index (Phi) is 5.03. The van der Waals surface area contributed by atoms with E-state index in [1.807, 2.05) is 36.5 Å². The van der Waals surface area contributed by atoms with Crippen molar-refractivity contribution >= 4 is 26.9 Å². The highest BCUT2D eigenvalue weighted by Crippen LogP contribution is 2.26. The van der Waals surface area contributed by atoms with Gasteiger partial charge in [-0.05, 0) is 54.7 Å². The lowest BCUT2D eigenvalue weighted by molar-refractivity contribution is 0.521. The molecule has 4 rings (SSSR count). The lowest BCUT2D eigenvalue weighted by atomic mass is 10.1. The van der Waals surface area contributed by atoms with E-state index in [-0.39, 0.29) is 4.90 Å². The molecule has 1 aromatic heterocycles. The van der Waals surface area contributed by atoms with Gasteiger partial charge in [-0.25, -0.2) is 17.7 Å². The Balaban J connectivity index is 1.67. The molecule has 2 aromatic carbocycles. The van der Waals surface area contributed by atoms with Crippen molar-refractivity contribution < 1.29 is 8.42 Å². The lowest BCUT2D eigenvalue weighted by Crippen LogP contribution is -2.30. The van der Waals surface area contributed by atoms with Crippen LogP contribution in [0.1, 0.15) is 19.3 Å². The molecule has 0 spiro atoms. The van der Waals surface area contributed by atoms with Crippen molar-refractivity contribution in [1.29, 1.82) is 0 Å². The third kappa shape index (κ3) is 3.59. The van der Waals surface area contributed by atoms with Crippen LogP contribution in [0.4, 0.5) is 5.82 Å². The third-order valence-electron chi connectivity index (χ3n) is 5.18. The van der Waals surface area contributed by atoms with E-state index in [1.54, 1.807) is 12.1 Å². The number of hydrogen-bond donors (Lipinski definition) is 0. The molecule has 0 atom stereocenters. The first-order chi connectivity index (χ1) is 13.4. The van der Waals surface area contributed by atoms with Crippen LogP contribution < -0.4 is 4.90 Å². The maximum Gasteiger partial charge on any atom is 0.242 e. The first-order valence-corrected chi connectivity index (χ1v) is 10.9. The van der Waals surface area contributed by atoms with Gasteiger partial charge in [-0.2, -0.15) is 0 Å². The standard InChI is InChI=1S/C21H24N4O2S/c1-24(2)28(26,27)18-9-6-16(7-10-18)17-8-11-19-20(14-17)23-21(15-22-19)25-12-4-3-5-13-25/h6-11,14-15H,3-5,12-13H2,1-2H3. The van der Waals surface area contributed by atoms with Gasteiger partial charge in [0.15, 0.2) is 0 Å². The summed E-state index contributed by atoms with van der Waals surface area (Å²) in [5, 5.41) is 0. The van der Waals surface area contributed by atoms with E-state index in [9.17, 15) is 8.42 Å². The Morgan fingerprint density at radius 3 is 2.25 bits per heavy atom. The summed E-state index contributed by atoms with van der Waals surface area (Å²) in [7, 11) is -0.357. The molecule has 7 heteroatoms. The minimum atomic E-state index is -3.42. The Bertz CT molecular complexity index is 1090. The van der Waals surface area contributed by atoms with Crippen LogP contribution in [0.25, 0.3) is 22.2 Å². The van der Waals surface area contributed by atoms with Crippen molar-refractivity contribution in [3.05, 3.63) is 48.7 Å². The second-order valence-electron chi connectivity index (χ2n) is 7.29. The number of aromatic nitrogens is 2. The van der Waals surface area contributed by atoms with Crippen LogP contribution in [0.2, 0.25) is 0 Å². The van der Waals surface area contributed by atoms with Gasteiger partial charge in [-0.3, -0.25) is 4.98 Å². The zero-order valence-corrected chi connectivity index (χ0v) is 17.0. The molecule has 0 unspecified atom stereocenters. The molecular formula is C21H24N4O2S. The molecule has 0 saturated carbocycles. The molecule has 1 saturated heterocycles. The normalized spacial score (nSPS) is 15.3. The summed E-state index contributed by atoms with van der Waals surface area (Å²) in [6, 6.07) is 12.9. The van der Waals surface area contributed by atoms with Gasteiger partial charge in [0.25, 0.3) is 0 Å². The molecule has 1 fully saturated rings. The van der Waals surface area contributed by atoms with Crippen LogP contribution in [0.3, 0.4) is 0 Å². The molecule has 28 heavy (non-hydrogen) atoms. The molecule has 0 amide bonds. The minimum Gasteiger partial charge on any atom is -0.355 e. The Hall–Kier alpha value is -2.51. The number of fused-ring (bicyclic) bond motifs is 1. The van der Waals surface area contributed by atoms with Crippen molar-refractivity contribution in [3.63, 3.8) is 0 Å². The first-order valence-electron chi connectivity index (χ1n) is 9.50. The summed E-state index contributed by atoms with van der Waals surface area (Å²) < 4.78 is 25.7. The van der Waals surface area contributed by atoms with E-state index in [0.717, 1.165) is 41.1 Å². The van der Waals surface area contributed by atoms with Gasteiger partial charge < -0.3 is 4.90 Å². The van der Waals surface area contributed by atoms with Crippen molar-refractivity contribution in [3.8, 4) is 11.1 Å². The van der Waals surface area contributed by atoms with Gasteiger partial charge in [0.05, 0.1) is 22.1 Å². The first kappa shape index (κ1) is 18.8. The molecule has 146 valence electrons. The maximum absolute atomic E-state index is 12.2. The number of piperidine rings is 1. The highest BCUT2D eigenvalue weighted by Gasteiger charge is 2.17. The number of hydrogen-bond acceptors (Lipinski definition) is 5. The molecule has 0 bridgehead atoms. The van der Waals surface area contributed by atoms with Crippen molar-refractivity contribution in [2.45, 2.75) is 24.2 Å². The summed E-state index contributed by atoms with van der Waals surface area (Å²) in [5.74, 6) is 0.928. The Morgan fingerprint density at radius 2 is 1.57 bits per heavy atom. The summed E-state index contributed by atoms with van der Waals surface area (Å²) in [6.07, 6.45) is 5.53. The topological polar surface area (TPSA) is 66.4 Å². The SMILES string of the molecule is CN(C)S(=O)(=O)c1ccc(-c2ccc3ncc(N4CCCCC4)nc3c2)cc1. The smallest absolute Gasteiger partial charge is 0.242 e. The highest BCUT2D eigenvalue weighted by molar-refractivity contribution is 7.89. The summed E-state index contributed by atoms with van der Waals surface area (Å²) >= 11 is 0. The average molecular weight is 397 g/mol. The minimum absolute atomic E-state index is 0.286. The zero-order valence-electron chi connectivity index (χ0n) is 16.2. The molecular weight excluding hydrogens is 372 g/mol. The van der Waals surface area contributed by atoms with E-state index in [4.69, 9.17) is 4.98 Å². The van der Waals surface area contributed by atoms with Crippen LogP contribution in [0, 0.1) is 0 Å².